The van der Waals surface area contributed by atoms with Crippen LogP contribution in [0.25, 0.3) is 0 Å². The molecule has 23 heavy (non-hydrogen) atoms. The van der Waals surface area contributed by atoms with Gasteiger partial charge in [0.25, 0.3) is 0 Å². The Labute approximate surface area is 141 Å². The van der Waals surface area contributed by atoms with Crippen molar-refractivity contribution in [3.05, 3.63) is 0 Å². The largest absolute Gasteiger partial charge is 0.378 e. The number of aliphatic imine (C=N–C) groups is 1. The van der Waals surface area contributed by atoms with Crippen molar-refractivity contribution in [3.8, 4) is 0 Å². The van der Waals surface area contributed by atoms with Crippen molar-refractivity contribution in [2.75, 3.05) is 32.8 Å². The molecular formula is C18H35N3O2. The van der Waals surface area contributed by atoms with E-state index in [1.807, 2.05) is 0 Å². The van der Waals surface area contributed by atoms with Crippen LogP contribution in [0.15, 0.2) is 4.99 Å². The molecule has 0 radical (unpaired) electrons. The molecule has 1 unspecified atom stereocenters. The van der Waals surface area contributed by atoms with Crippen molar-refractivity contribution in [1.82, 2.24) is 10.6 Å². The Balaban J connectivity index is 1.58. The quantitative estimate of drug-likeness (QED) is 0.312. The topological polar surface area (TPSA) is 54.9 Å². The van der Waals surface area contributed by atoms with Crippen molar-refractivity contribution in [1.29, 1.82) is 0 Å². The molecule has 1 atom stereocenters. The number of nitrogens with one attached hydrogen (secondary N) is 2. The van der Waals surface area contributed by atoms with Crippen LogP contribution in [-0.2, 0) is 9.47 Å². The van der Waals surface area contributed by atoms with Gasteiger partial charge < -0.3 is 20.1 Å². The summed E-state index contributed by atoms with van der Waals surface area (Å²) in [6, 6.07) is 0. The number of ether oxygens (including phenoxy) is 2. The molecule has 2 rings (SSSR count). The fourth-order valence-electron chi connectivity index (χ4n) is 3.34. The fraction of sp³-hybridized carbons (Fsp3) is 0.944. The summed E-state index contributed by atoms with van der Waals surface area (Å²) in [6.07, 6.45) is 12.2. The average molecular weight is 325 g/mol. The van der Waals surface area contributed by atoms with Gasteiger partial charge in [0.05, 0.1) is 18.8 Å². The monoisotopic (exact) mass is 325 g/mol. The molecule has 5 nitrogen and oxygen atoms in total. The zero-order valence-corrected chi connectivity index (χ0v) is 14.8. The summed E-state index contributed by atoms with van der Waals surface area (Å²) in [5, 5.41) is 6.67. The Morgan fingerprint density at radius 2 is 1.91 bits per heavy atom. The fourth-order valence-corrected chi connectivity index (χ4v) is 3.34. The first-order chi connectivity index (χ1) is 11.4. The van der Waals surface area contributed by atoms with Crippen LogP contribution in [0.1, 0.15) is 64.7 Å². The van der Waals surface area contributed by atoms with Gasteiger partial charge >= 0.3 is 0 Å². The van der Waals surface area contributed by atoms with E-state index in [1.165, 1.54) is 51.4 Å². The van der Waals surface area contributed by atoms with Crippen LogP contribution in [0.5, 0.6) is 0 Å². The van der Waals surface area contributed by atoms with Gasteiger partial charge in [0.2, 0.25) is 0 Å². The van der Waals surface area contributed by atoms with E-state index in [1.54, 1.807) is 0 Å². The van der Waals surface area contributed by atoms with Crippen molar-refractivity contribution in [3.63, 3.8) is 0 Å². The molecule has 0 amide bonds. The highest BCUT2D eigenvalue weighted by Crippen LogP contribution is 2.19. The molecule has 0 spiro atoms. The normalized spacial score (nSPS) is 23.7. The summed E-state index contributed by atoms with van der Waals surface area (Å²) >= 11 is 0. The Morgan fingerprint density at radius 3 is 2.61 bits per heavy atom. The van der Waals surface area contributed by atoms with E-state index >= 15 is 0 Å². The van der Waals surface area contributed by atoms with Crippen LogP contribution in [0, 0.1) is 0 Å². The molecule has 5 heteroatoms. The van der Waals surface area contributed by atoms with Gasteiger partial charge in [-0.2, -0.15) is 0 Å². The molecule has 1 heterocycles. The van der Waals surface area contributed by atoms with Crippen LogP contribution in [0.4, 0.5) is 0 Å². The number of hydrogen-bond donors (Lipinski definition) is 2. The van der Waals surface area contributed by atoms with Crippen molar-refractivity contribution in [2.24, 2.45) is 4.99 Å². The lowest BCUT2D eigenvalue weighted by molar-refractivity contribution is 0.0468. The highest BCUT2D eigenvalue weighted by atomic mass is 16.5. The summed E-state index contributed by atoms with van der Waals surface area (Å²) in [5.41, 5.74) is 0. The smallest absolute Gasteiger partial charge is 0.191 e. The summed E-state index contributed by atoms with van der Waals surface area (Å²) in [5.74, 6) is 0.898. The third-order valence-corrected chi connectivity index (χ3v) is 4.64. The maximum Gasteiger partial charge on any atom is 0.191 e. The second kappa shape index (κ2) is 11.7. The zero-order chi connectivity index (χ0) is 16.2. The summed E-state index contributed by atoms with van der Waals surface area (Å²) < 4.78 is 11.7. The molecule has 2 aliphatic rings. The van der Waals surface area contributed by atoms with Gasteiger partial charge in [-0.3, -0.25) is 4.99 Å². The molecular weight excluding hydrogens is 290 g/mol. The molecule has 2 fully saturated rings. The third kappa shape index (κ3) is 8.02. The highest BCUT2D eigenvalue weighted by molar-refractivity contribution is 5.79. The molecule has 1 aliphatic heterocycles. The van der Waals surface area contributed by atoms with Crippen LogP contribution in [0.2, 0.25) is 0 Å². The minimum Gasteiger partial charge on any atom is -0.378 e. The van der Waals surface area contributed by atoms with E-state index < -0.39 is 0 Å². The Morgan fingerprint density at radius 1 is 1.09 bits per heavy atom. The number of guanidine groups is 1. The number of rotatable bonds is 8. The molecule has 1 aliphatic carbocycles. The van der Waals surface area contributed by atoms with E-state index in [0.29, 0.717) is 12.2 Å². The molecule has 0 bridgehead atoms. The zero-order valence-electron chi connectivity index (χ0n) is 14.8. The maximum absolute atomic E-state index is 6.01. The Hall–Kier alpha value is -0.810. The lowest BCUT2D eigenvalue weighted by Gasteiger charge is -2.17. The van der Waals surface area contributed by atoms with E-state index in [4.69, 9.17) is 9.47 Å². The molecule has 1 saturated heterocycles. The standard InChI is InChI=1S/C18H35N3O2/c1-2-19-18(20-12-11-17-10-7-14-22-17)21-13-15-23-16-8-5-3-4-6-9-16/h16-17H,2-15H2,1H3,(H2,19,20,21). The summed E-state index contributed by atoms with van der Waals surface area (Å²) in [7, 11) is 0. The van der Waals surface area contributed by atoms with Crippen molar-refractivity contribution >= 4 is 5.96 Å². The average Bonchev–Trinajstić information content (AvgIpc) is 2.94. The van der Waals surface area contributed by atoms with Gasteiger partial charge in [-0.05, 0) is 39.0 Å². The molecule has 134 valence electrons. The number of nitrogens with zero attached hydrogens (tertiary/aromatic N) is 1. The predicted octanol–water partition coefficient (Wildman–Crippen LogP) is 2.85. The van der Waals surface area contributed by atoms with Crippen LogP contribution >= 0.6 is 0 Å². The van der Waals surface area contributed by atoms with Gasteiger partial charge in [0, 0.05) is 26.2 Å². The maximum atomic E-state index is 6.01. The SMILES string of the molecule is CCNC(=NCCC1CCCO1)NCCOC1CCCCCC1. The second-order valence-corrected chi connectivity index (χ2v) is 6.60. The second-order valence-electron chi connectivity index (χ2n) is 6.60. The third-order valence-electron chi connectivity index (χ3n) is 4.64. The van der Waals surface area contributed by atoms with E-state index in [9.17, 15) is 0 Å². The lowest BCUT2D eigenvalue weighted by Crippen LogP contribution is -2.39. The lowest BCUT2D eigenvalue weighted by atomic mass is 10.1. The molecule has 0 aromatic carbocycles. The Bertz CT molecular complexity index is 322. The minimum absolute atomic E-state index is 0.417. The first kappa shape index (κ1) is 18.5. The molecule has 1 saturated carbocycles. The van der Waals surface area contributed by atoms with Crippen LogP contribution in [0.3, 0.4) is 0 Å². The summed E-state index contributed by atoms with van der Waals surface area (Å²) in [6.45, 7) is 6.31. The first-order valence-electron chi connectivity index (χ1n) is 9.64. The summed E-state index contributed by atoms with van der Waals surface area (Å²) in [4.78, 5) is 4.64. The van der Waals surface area contributed by atoms with E-state index in [0.717, 1.165) is 45.2 Å². The molecule has 0 aromatic rings. The predicted molar refractivity (Wildman–Crippen MR) is 95.0 cm³/mol. The minimum atomic E-state index is 0.417. The molecule has 0 aromatic heterocycles. The van der Waals surface area contributed by atoms with E-state index in [2.05, 4.69) is 22.5 Å². The van der Waals surface area contributed by atoms with Crippen LogP contribution < -0.4 is 10.6 Å². The van der Waals surface area contributed by atoms with Gasteiger partial charge in [0.1, 0.15) is 0 Å². The molecule has 2 N–H and O–H groups in total. The highest BCUT2D eigenvalue weighted by Gasteiger charge is 2.14. The van der Waals surface area contributed by atoms with E-state index in [-0.39, 0.29) is 0 Å². The van der Waals surface area contributed by atoms with Gasteiger partial charge in [0.15, 0.2) is 5.96 Å². The van der Waals surface area contributed by atoms with Crippen molar-refractivity contribution in [2.45, 2.75) is 76.9 Å². The van der Waals surface area contributed by atoms with Gasteiger partial charge in [-0.1, -0.05) is 25.7 Å². The van der Waals surface area contributed by atoms with Gasteiger partial charge in [-0.15, -0.1) is 0 Å². The first-order valence-corrected chi connectivity index (χ1v) is 9.64. The van der Waals surface area contributed by atoms with Gasteiger partial charge in [-0.25, -0.2) is 0 Å². The Kier molecular flexibility index (Phi) is 9.41. The van der Waals surface area contributed by atoms with Crippen LogP contribution in [-0.4, -0.2) is 51.0 Å². The number of hydrogen-bond acceptors (Lipinski definition) is 3. The van der Waals surface area contributed by atoms with Crippen molar-refractivity contribution < 1.29 is 9.47 Å².